The molecule has 0 spiro atoms. The third-order valence-electron chi connectivity index (χ3n) is 4.23. The quantitative estimate of drug-likeness (QED) is 0.763. The van der Waals surface area contributed by atoms with Crippen LogP contribution in [0.4, 0.5) is 0 Å². The standard InChI is InChI=1S/C19H24N2O4S/c1-13-17(11-26-12-18(22)20-10-16-7-4-8-24-16)21-19(25-13)14-5-3-6-15(9-14)23-2/h3,5-6,9,16H,4,7-8,10-12H2,1-2H3,(H,20,22)/t16-/m1/s1. The number of aryl methyl sites for hydroxylation is 1. The van der Waals surface area contributed by atoms with E-state index in [0.717, 1.165) is 42.2 Å². The first-order valence-corrected chi connectivity index (χ1v) is 9.88. The third-order valence-corrected chi connectivity index (χ3v) is 5.18. The molecule has 140 valence electrons. The third kappa shape index (κ3) is 5.02. The predicted molar refractivity (Wildman–Crippen MR) is 101 cm³/mol. The van der Waals surface area contributed by atoms with E-state index in [1.807, 2.05) is 31.2 Å². The summed E-state index contributed by atoms with van der Waals surface area (Å²) in [7, 11) is 1.63. The normalized spacial score (nSPS) is 16.6. The lowest BCUT2D eigenvalue weighted by Crippen LogP contribution is -2.32. The van der Waals surface area contributed by atoms with Gasteiger partial charge in [-0.3, -0.25) is 4.79 Å². The van der Waals surface area contributed by atoms with Crippen molar-refractivity contribution in [3.63, 3.8) is 0 Å². The Morgan fingerprint density at radius 1 is 1.46 bits per heavy atom. The van der Waals surface area contributed by atoms with E-state index in [4.69, 9.17) is 13.9 Å². The molecule has 1 aromatic heterocycles. The molecule has 3 rings (SSSR count). The van der Waals surface area contributed by atoms with Crippen LogP contribution in [-0.4, -0.2) is 43.0 Å². The second-order valence-electron chi connectivity index (χ2n) is 6.19. The summed E-state index contributed by atoms with van der Waals surface area (Å²) in [5.41, 5.74) is 1.73. The molecule has 1 N–H and O–H groups in total. The van der Waals surface area contributed by atoms with E-state index in [-0.39, 0.29) is 12.0 Å². The number of rotatable bonds is 8. The number of amides is 1. The summed E-state index contributed by atoms with van der Waals surface area (Å²) in [6.07, 6.45) is 2.28. The number of methoxy groups -OCH3 is 1. The summed E-state index contributed by atoms with van der Waals surface area (Å²) >= 11 is 1.53. The predicted octanol–water partition coefficient (Wildman–Crippen LogP) is 3.19. The van der Waals surface area contributed by atoms with Gasteiger partial charge >= 0.3 is 0 Å². The fourth-order valence-electron chi connectivity index (χ4n) is 2.77. The van der Waals surface area contributed by atoms with Crippen LogP contribution in [0.1, 0.15) is 24.3 Å². The van der Waals surface area contributed by atoms with Gasteiger partial charge in [0, 0.05) is 24.5 Å². The zero-order valence-corrected chi connectivity index (χ0v) is 15.9. The zero-order chi connectivity index (χ0) is 18.4. The molecule has 1 fully saturated rings. The minimum Gasteiger partial charge on any atom is -0.497 e. The SMILES string of the molecule is COc1cccc(-c2nc(CSCC(=O)NC[C@H]3CCCO3)c(C)o2)c1. The van der Waals surface area contributed by atoms with E-state index in [1.165, 1.54) is 11.8 Å². The molecule has 7 heteroatoms. The van der Waals surface area contributed by atoms with Crippen molar-refractivity contribution in [1.29, 1.82) is 0 Å². The van der Waals surface area contributed by atoms with Gasteiger partial charge in [-0.15, -0.1) is 11.8 Å². The van der Waals surface area contributed by atoms with E-state index < -0.39 is 0 Å². The van der Waals surface area contributed by atoms with Gasteiger partial charge in [-0.05, 0) is 38.0 Å². The largest absolute Gasteiger partial charge is 0.497 e. The molecule has 1 aromatic carbocycles. The van der Waals surface area contributed by atoms with Crippen molar-refractivity contribution in [2.24, 2.45) is 0 Å². The van der Waals surface area contributed by atoms with Crippen LogP contribution in [0.25, 0.3) is 11.5 Å². The number of hydrogen-bond donors (Lipinski definition) is 1. The van der Waals surface area contributed by atoms with Crippen LogP contribution in [0.2, 0.25) is 0 Å². The number of nitrogens with zero attached hydrogens (tertiary/aromatic N) is 1. The highest BCUT2D eigenvalue weighted by Crippen LogP contribution is 2.26. The van der Waals surface area contributed by atoms with Crippen LogP contribution in [-0.2, 0) is 15.3 Å². The molecule has 0 bridgehead atoms. The van der Waals surface area contributed by atoms with Crippen LogP contribution in [0, 0.1) is 6.92 Å². The smallest absolute Gasteiger partial charge is 0.230 e. The van der Waals surface area contributed by atoms with Crippen LogP contribution >= 0.6 is 11.8 Å². The van der Waals surface area contributed by atoms with Gasteiger partial charge in [-0.1, -0.05) is 6.07 Å². The summed E-state index contributed by atoms with van der Waals surface area (Å²) < 4.78 is 16.5. The van der Waals surface area contributed by atoms with Crippen molar-refractivity contribution in [1.82, 2.24) is 10.3 Å². The molecule has 1 aliphatic rings. The number of hydrogen-bond acceptors (Lipinski definition) is 6. The Balaban J connectivity index is 1.49. The maximum atomic E-state index is 11.9. The number of carbonyl (C=O) groups excluding carboxylic acids is 1. The first-order chi connectivity index (χ1) is 12.7. The molecule has 0 unspecified atom stereocenters. The number of ether oxygens (including phenoxy) is 2. The minimum absolute atomic E-state index is 0.0275. The Hall–Kier alpha value is -1.99. The first kappa shape index (κ1) is 18.8. The van der Waals surface area contributed by atoms with E-state index in [1.54, 1.807) is 7.11 Å². The van der Waals surface area contributed by atoms with E-state index in [2.05, 4.69) is 10.3 Å². The Labute approximate surface area is 157 Å². The fourth-order valence-corrected chi connectivity index (χ4v) is 3.62. The molecular weight excluding hydrogens is 352 g/mol. The molecule has 0 radical (unpaired) electrons. The van der Waals surface area contributed by atoms with Crippen LogP contribution in [0.5, 0.6) is 5.75 Å². The van der Waals surface area contributed by atoms with E-state index in [9.17, 15) is 4.79 Å². The van der Waals surface area contributed by atoms with Crippen LogP contribution < -0.4 is 10.1 Å². The van der Waals surface area contributed by atoms with Gasteiger partial charge in [0.15, 0.2) is 0 Å². The minimum atomic E-state index is 0.0275. The van der Waals surface area contributed by atoms with Crippen molar-refractivity contribution < 1.29 is 18.7 Å². The molecule has 1 amide bonds. The zero-order valence-electron chi connectivity index (χ0n) is 15.1. The maximum Gasteiger partial charge on any atom is 0.230 e. The van der Waals surface area contributed by atoms with Crippen molar-refractivity contribution >= 4 is 17.7 Å². The molecule has 1 aliphatic heterocycles. The molecule has 2 heterocycles. The summed E-state index contributed by atoms with van der Waals surface area (Å²) in [5, 5.41) is 2.93. The van der Waals surface area contributed by atoms with Gasteiger partial charge in [0.25, 0.3) is 0 Å². The number of nitrogens with one attached hydrogen (secondary N) is 1. The average molecular weight is 376 g/mol. The Morgan fingerprint density at radius 3 is 3.12 bits per heavy atom. The maximum absolute atomic E-state index is 11.9. The second-order valence-corrected chi connectivity index (χ2v) is 7.17. The number of oxazole rings is 1. The highest BCUT2D eigenvalue weighted by atomic mass is 32.2. The Bertz CT molecular complexity index is 741. The van der Waals surface area contributed by atoms with Gasteiger partial charge in [0.1, 0.15) is 11.5 Å². The molecule has 1 atom stereocenters. The molecule has 2 aromatic rings. The Morgan fingerprint density at radius 2 is 2.35 bits per heavy atom. The summed E-state index contributed by atoms with van der Waals surface area (Å²) in [6, 6.07) is 7.61. The molecule has 0 saturated carbocycles. The topological polar surface area (TPSA) is 73.6 Å². The lowest BCUT2D eigenvalue weighted by Gasteiger charge is -2.10. The fraction of sp³-hybridized carbons (Fsp3) is 0.474. The monoisotopic (exact) mass is 376 g/mol. The number of benzene rings is 1. The summed E-state index contributed by atoms with van der Waals surface area (Å²) in [6.45, 7) is 3.29. The molecule has 26 heavy (non-hydrogen) atoms. The summed E-state index contributed by atoms with van der Waals surface area (Å²) in [5.74, 6) is 3.16. The van der Waals surface area contributed by atoms with Gasteiger partial charge < -0.3 is 19.2 Å². The van der Waals surface area contributed by atoms with Crippen LogP contribution in [0.15, 0.2) is 28.7 Å². The molecule has 0 aliphatic carbocycles. The highest BCUT2D eigenvalue weighted by Gasteiger charge is 2.16. The molecular formula is C19H24N2O4S. The van der Waals surface area contributed by atoms with Crippen molar-refractivity contribution in [2.45, 2.75) is 31.6 Å². The summed E-state index contributed by atoms with van der Waals surface area (Å²) in [4.78, 5) is 16.5. The number of aromatic nitrogens is 1. The van der Waals surface area contributed by atoms with E-state index >= 15 is 0 Å². The van der Waals surface area contributed by atoms with Crippen molar-refractivity contribution in [3.8, 4) is 17.2 Å². The highest BCUT2D eigenvalue weighted by molar-refractivity contribution is 7.99. The first-order valence-electron chi connectivity index (χ1n) is 8.72. The van der Waals surface area contributed by atoms with Crippen molar-refractivity contribution in [3.05, 3.63) is 35.7 Å². The van der Waals surface area contributed by atoms with E-state index in [0.29, 0.717) is 23.9 Å². The number of carbonyl (C=O) groups is 1. The lowest BCUT2D eigenvalue weighted by molar-refractivity contribution is -0.119. The van der Waals surface area contributed by atoms with Crippen molar-refractivity contribution in [2.75, 3.05) is 26.0 Å². The molecule has 6 nitrogen and oxygen atoms in total. The van der Waals surface area contributed by atoms with Gasteiger partial charge in [-0.25, -0.2) is 4.98 Å². The number of thioether (sulfide) groups is 1. The molecule has 1 saturated heterocycles. The second kappa shape index (κ2) is 9.09. The van der Waals surface area contributed by atoms with Crippen LogP contribution in [0.3, 0.4) is 0 Å². The van der Waals surface area contributed by atoms with Gasteiger partial charge in [0.05, 0.1) is 24.7 Å². The lowest BCUT2D eigenvalue weighted by atomic mass is 10.2. The Kier molecular flexibility index (Phi) is 6.57. The average Bonchev–Trinajstić information content (AvgIpc) is 3.30. The van der Waals surface area contributed by atoms with Gasteiger partial charge in [0.2, 0.25) is 11.8 Å². The van der Waals surface area contributed by atoms with Gasteiger partial charge in [-0.2, -0.15) is 0 Å².